The number of nitrogens with two attached hydrogens (primary N) is 1. The van der Waals surface area contributed by atoms with E-state index in [1.165, 1.54) is 17.6 Å². The molecular formula is C26H29N7O5. The molecule has 12 nitrogen and oxygen atoms in total. The van der Waals surface area contributed by atoms with E-state index >= 15 is 0 Å². The van der Waals surface area contributed by atoms with Crippen LogP contribution in [-0.2, 0) is 4.74 Å². The van der Waals surface area contributed by atoms with Crippen molar-refractivity contribution in [3.05, 3.63) is 60.2 Å². The topological polar surface area (TPSA) is 169 Å². The number of carbonyl (C=O) groups excluding carboxylic acids is 2. The molecule has 3 aliphatic rings. The quantitative estimate of drug-likeness (QED) is 0.257. The number of anilines is 1. The fourth-order valence-electron chi connectivity index (χ4n) is 6.22. The van der Waals surface area contributed by atoms with E-state index in [-0.39, 0.29) is 24.2 Å². The van der Waals surface area contributed by atoms with Gasteiger partial charge in [-0.1, -0.05) is 38.1 Å². The summed E-state index contributed by atoms with van der Waals surface area (Å²) in [7, 11) is 1.75. The Morgan fingerprint density at radius 2 is 1.79 bits per heavy atom. The minimum absolute atomic E-state index is 0.124. The van der Waals surface area contributed by atoms with Gasteiger partial charge in [-0.05, 0) is 25.6 Å². The second-order valence-corrected chi connectivity index (χ2v) is 10.5. The Kier molecular flexibility index (Phi) is 5.27. The monoisotopic (exact) mass is 519 g/mol. The fourth-order valence-corrected chi connectivity index (χ4v) is 6.22. The summed E-state index contributed by atoms with van der Waals surface area (Å²) in [5.74, 6) is -0.436. The lowest BCUT2D eigenvalue weighted by atomic mass is 9.94. The molecule has 3 aromatic rings. The molecule has 1 unspecified atom stereocenters. The Hall–Kier alpha value is -3.71. The molecule has 0 bridgehead atoms. The molecule has 5 N–H and O–H groups in total. The highest BCUT2D eigenvalue weighted by Gasteiger charge is 2.93. The number of ether oxygens (including phenoxy) is 1. The first-order chi connectivity index (χ1) is 18.1. The molecule has 0 radical (unpaired) electrons. The SMILES string of the molecule is CNC(C/C=C/CN1C(=O)c2ccccc2C1=O)[C@H]1O[C@@H](n2cnc3c(N)ncnc32)[C@@]2(O)C(C)(C)[C@@]12O. The lowest BCUT2D eigenvalue weighted by molar-refractivity contribution is -0.120. The van der Waals surface area contributed by atoms with Crippen LogP contribution in [0.15, 0.2) is 49.1 Å². The van der Waals surface area contributed by atoms with Gasteiger partial charge in [-0.2, -0.15) is 0 Å². The average Bonchev–Trinajstić information content (AvgIpc) is 3.35. The van der Waals surface area contributed by atoms with Crippen LogP contribution in [0.25, 0.3) is 11.2 Å². The van der Waals surface area contributed by atoms with Gasteiger partial charge in [0.25, 0.3) is 11.8 Å². The number of carbonyl (C=O) groups is 2. The molecule has 1 saturated carbocycles. The summed E-state index contributed by atoms with van der Waals surface area (Å²) in [5, 5.41) is 26.7. The van der Waals surface area contributed by atoms with E-state index < -0.39 is 35.0 Å². The van der Waals surface area contributed by atoms with E-state index in [0.717, 1.165) is 0 Å². The number of imide groups is 1. The fraction of sp³-hybridized carbons (Fsp3) is 0.423. The highest BCUT2D eigenvalue weighted by molar-refractivity contribution is 6.21. The molecule has 198 valence electrons. The van der Waals surface area contributed by atoms with E-state index in [1.807, 2.05) is 6.08 Å². The summed E-state index contributed by atoms with van der Waals surface area (Å²) < 4.78 is 7.91. The molecule has 4 heterocycles. The number of fused-ring (bicyclic) bond motifs is 3. The number of amides is 2. The third-order valence-corrected chi connectivity index (χ3v) is 8.57. The second kappa shape index (κ2) is 8.14. The number of nitrogen functional groups attached to an aromatic ring is 1. The third kappa shape index (κ3) is 2.91. The summed E-state index contributed by atoms with van der Waals surface area (Å²) in [6.45, 7) is 3.71. The zero-order valence-electron chi connectivity index (χ0n) is 21.2. The van der Waals surface area contributed by atoms with Gasteiger partial charge >= 0.3 is 0 Å². The summed E-state index contributed by atoms with van der Waals surface area (Å²) in [6.07, 6.45) is 5.02. The molecule has 1 aromatic carbocycles. The van der Waals surface area contributed by atoms with Crippen LogP contribution in [0.1, 0.15) is 47.2 Å². The van der Waals surface area contributed by atoms with Crippen LogP contribution in [0.2, 0.25) is 0 Å². The van der Waals surface area contributed by atoms with Crippen LogP contribution >= 0.6 is 0 Å². The number of hydrogen-bond donors (Lipinski definition) is 4. The number of aromatic nitrogens is 4. The highest BCUT2D eigenvalue weighted by Crippen LogP contribution is 2.76. The zero-order chi connectivity index (χ0) is 27.0. The van der Waals surface area contributed by atoms with Gasteiger partial charge in [-0.25, -0.2) is 15.0 Å². The first kappa shape index (κ1) is 24.6. The molecule has 0 spiro atoms. The van der Waals surface area contributed by atoms with Crippen molar-refractivity contribution in [2.24, 2.45) is 5.41 Å². The van der Waals surface area contributed by atoms with Crippen molar-refractivity contribution >= 4 is 28.8 Å². The number of nitrogens with zero attached hydrogens (tertiary/aromatic N) is 5. The van der Waals surface area contributed by atoms with Crippen LogP contribution in [0, 0.1) is 5.41 Å². The van der Waals surface area contributed by atoms with E-state index in [9.17, 15) is 19.8 Å². The van der Waals surface area contributed by atoms with E-state index in [0.29, 0.717) is 28.7 Å². The van der Waals surface area contributed by atoms with E-state index in [4.69, 9.17) is 10.5 Å². The summed E-state index contributed by atoms with van der Waals surface area (Å²) in [4.78, 5) is 38.9. The summed E-state index contributed by atoms with van der Waals surface area (Å²) in [6, 6.07) is 6.36. The lowest BCUT2D eigenvalue weighted by Crippen LogP contribution is -2.48. The van der Waals surface area contributed by atoms with Crippen LogP contribution in [0.4, 0.5) is 5.82 Å². The lowest BCUT2D eigenvalue weighted by Gasteiger charge is -2.32. The maximum absolute atomic E-state index is 12.6. The maximum Gasteiger partial charge on any atom is 0.261 e. The van der Waals surface area contributed by atoms with Crippen molar-refractivity contribution in [1.29, 1.82) is 0 Å². The van der Waals surface area contributed by atoms with Gasteiger partial charge in [0.05, 0.1) is 17.5 Å². The minimum atomic E-state index is -1.61. The van der Waals surface area contributed by atoms with Gasteiger partial charge in [0.15, 0.2) is 17.7 Å². The summed E-state index contributed by atoms with van der Waals surface area (Å²) in [5.41, 5.74) is 3.43. The van der Waals surface area contributed by atoms with Crippen LogP contribution in [0.5, 0.6) is 0 Å². The third-order valence-electron chi connectivity index (χ3n) is 8.57. The predicted molar refractivity (Wildman–Crippen MR) is 136 cm³/mol. The molecular weight excluding hydrogens is 490 g/mol. The molecule has 2 aromatic heterocycles. The molecule has 2 fully saturated rings. The Bertz CT molecular complexity index is 1470. The van der Waals surface area contributed by atoms with E-state index in [2.05, 4.69) is 20.3 Å². The van der Waals surface area contributed by atoms with Gasteiger partial charge in [-0.15, -0.1) is 0 Å². The Morgan fingerprint density at radius 1 is 1.11 bits per heavy atom. The molecule has 1 saturated heterocycles. The van der Waals surface area contributed by atoms with Crippen LogP contribution < -0.4 is 11.1 Å². The number of nitrogens with one attached hydrogen (secondary N) is 1. The number of benzene rings is 1. The van der Waals surface area contributed by atoms with Crippen molar-refractivity contribution < 1.29 is 24.5 Å². The van der Waals surface area contributed by atoms with E-state index in [1.54, 1.807) is 55.8 Å². The Labute approximate surface area is 218 Å². The normalized spacial score (nSPS) is 30.3. The number of likely N-dealkylation sites (N-methyl/N-ethyl adjacent to an activating group) is 1. The van der Waals surface area contributed by atoms with Crippen molar-refractivity contribution in [2.75, 3.05) is 19.3 Å². The Balaban J connectivity index is 1.22. The number of aliphatic hydroxyl groups is 2. The maximum atomic E-state index is 12.6. The first-order valence-corrected chi connectivity index (χ1v) is 12.4. The molecule has 5 atom stereocenters. The molecule has 2 amide bonds. The van der Waals surface area contributed by atoms with Gasteiger partial charge in [0.1, 0.15) is 29.2 Å². The molecule has 38 heavy (non-hydrogen) atoms. The predicted octanol–water partition coefficient (Wildman–Crippen LogP) is 0.638. The van der Waals surface area contributed by atoms with Crippen molar-refractivity contribution in [3.63, 3.8) is 0 Å². The highest BCUT2D eigenvalue weighted by atomic mass is 16.6. The largest absolute Gasteiger partial charge is 0.383 e. The van der Waals surface area contributed by atoms with Gasteiger partial charge in [-0.3, -0.25) is 19.1 Å². The standard InChI is InChI=1S/C26H29N7O5/c1-24(2)25(36)18(38-23(26(24,25)37)33-13-31-17-19(27)29-12-30-20(17)33)16(28-3)10-6-7-11-32-21(34)14-8-4-5-9-15(14)22(32)35/h4-9,12-13,16,18,23,28,36-37H,10-11H2,1-3H3,(H2,27,29,30)/b7-6+/t16?,18-,23-,25+,26-/m1/s1. The first-order valence-electron chi connectivity index (χ1n) is 12.4. The van der Waals surface area contributed by atoms with Gasteiger partial charge < -0.3 is 26.0 Å². The molecule has 6 rings (SSSR count). The number of hydrogen-bond acceptors (Lipinski definition) is 10. The van der Waals surface area contributed by atoms with Crippen molar-refractivity contribution in [2.45, 2.75) is 49.8 Å². The molecule has 12 heteroatoms. The second-order valence-electron chi connectivity index (χ2n) is 10.5. The van der Waals surface area contributed by atoms with Crippen LogP contribution in [-0.4, -0.2) is 83.4 Å². The van der Waals surface area contributed by atoms with Crippen LogP contribution in [0.3, 0.4) is 0 Å². The van der Waals surface area contributed by atoms with Gasteiger partial charge in [0, 0.05) is 18.0 Å². The van der Waals surface area contributed by atoms with Crippen molar-refractivity contribution in [3.8, 4) is 0 Å². The number of rotatable bonds is 7. The summed E-state index contributed by atoms with van der Waals surface area (Å²) >= 11 is 0. The molecule has 2 aliphatic heterocycles. The number of imidazole rings is 1. The Morgan fingerprint density at radius 3 is 2.45 bits per heavy atom. The zero-order valence-corrected chi connectivity index (χ0v) is 21.2. The molecule has 1 aliphatic carbocycles. The van der Waals surface area contributed by atoms with Crippen molar-refractivity contribution in [1.82, 2.24) is 29.7 Å². The minimum Gasteiger partial charge on any atom is -0.383 e. The smallest absolute Gasteiger partial charge is 0.261 e. The van der Waals surface area contributed by atoms with Gasteiger partial charge in [0.2, 0.25) is 0 Å². The average molecular weight is 520 g/mol.